The third kappa shape index (κ3) is 5.73. The minimum absolute atomic E-state index is 0.219. The monoisotopic (exact) mass is 325 g/mol. The quantitative estimate of drug-likeness (QED) is 0.886. The molecule has 1 aromatic carbocycles. The van der Waals surface area contributed by atoms with Gasteiger partial charge in [0, 0.05) is 17.1 Å². The molecule has 1 N–H and O–H groups in total. The van der Waals surface area contributed by atoms with Crippen LogP contribution < -0.4 is 10.1 Å². The van der Waals surface area contributed by atoms with Crippen molar-refractivity contribution < 1.29 is 17.9 Å². The number of rotatable bonds is 5. The predicted molar refractivity (Wildman–Crippen MR) is 67.7 cm³/mol. The van der Waals surface area contributed by atoms with Crippen molar-refractivity contribution >= 4 is 15.9 Å². The third-order valence-corrected chi connectivity index (χ3v) is 2.89. The number of ether oxygens (including phenoxy) is 1. The minimum Gasteiger partial charge on any atom is -0.484 e. The van der Waals surface area contributed by atoms with Crippen LogP contribution in [0.1, 0.15) is 19.4 Å². The summed E-state index contributed by atoms with van der Waals surface area (Å²) in [5.41, 5.74) is 0.864. The lowest BCUT2D eigenvalue weighted by Crippen LogP contribution is -2.22. The minimum atomic E-state index is -4.32. The predicted octanol–water partition coefficient (Wildman–Crippen LogP) is 3.89. The maximum absolute atomic E-state index is 12.0. The lowest BCUT2D eigenvalue weighted by molar-refractivity contribution is -0.153. The second-order valence-corrected chi connectivity index (χ2v) is 5.05. The standard InChI is InChI=1S/C12H15BrF3NO/c1-8(2)17-6-9-5-10(3-4-11(9)13)18-7-12(14,15)16/h3-5,8,17H,6-7H2,1-2H3. The molecule has 0 aromatic heterocycles. The molecule has 6 heteroatoms. The Kier molecular flexibility index (Phi) is 5.47. The highest BCUT2D eigenvalue weighted by molar-refractivity contribution is 9.10. The van der Waals surface area contributed by atoms with Crippen molar-refractivity contribution in [2.45, 2.75) is 32.6 Å². The highest BCUT2D eigenvalue weighted by Crippen LogP contribution is 2.24. The Hall–Kier alpha value is -0.750. The van der Waals surface area contributed by atoms with Crippen LogP contribution in [0.4, 0.5) is 13.2 Å². The van der Waals surface area contributed by atoms with Gasteiger partial charge in [0.1, 0.15) is 5.75 Å². The Morgan fingerprint density at radius 1 is 1.33 bits per heavy atom. The van der Waals surface area contributed by atoms with Crippen LogP contribution in [-0.2, 0) is 6.54 Å². The van der Waals surface area contributed by atoms with Gasteiger partial charge in [0.25, 0.3) is 0 Å². The van der Waals surface area contributed by atoms with Crippen LogP contribution in [-0.4, -0.2) is 18.8 Å². The number of alkyl halides is 3. The molecule has 0 unspecified atom stereocenters. The van der Waals surface area contributed by atoms with Gasteiger partial charge in [-0.15, -0.1) is 0 Å². The molecule has 0 heterocycles. The van der Waals surface area contributed by atoms with E-state index in [0.717, 1.165) is 10.0 Å². The first-order valence-corrected chi connectivity index (χ1v) is 6.28. The second kappa shape index (κ2) is 6.43. The lowest BCUT2D eigenvalue weighted by Gasteiger charge is -2.13. The van der Waals surface area contributed by atoms with E-state index in [1.807, 2.05) is 13.8 Å². The van der Waals surface area contributed by atoms with E-state index in [0.29, 0.717) is 12.6 Å². The molecule has 0 amide bonds. The van der Waals surface area contributed by atoms with Gasteiger partial charge in [-0.05, 0) is 23.8 Å². The zero-order chi connectivity index (χ0) is 13.8. The summed E-state index contributed by atoms with van der Waals surface area (Å²) in [6.07, 6.45) is -4.32. The van der Waals surface area contributed by atoms with Crippen molar-refractivity contribution in [1.29, 1.82) is 0 Å². The molecule has 0 saturated heterocycles. The zero-order valence-corrected chi connectivity index (χ0v) is 11.7. The summed E-state index contributed by atoms with van der Waals surface area (Å²) < 4.78 is 41.6. The molecule has 0 atom stereocenters. The van der Waals surface area contributed by atoms with Gasteiger partial charge in [0.2, 0.25) is 0 Å². The van der Waals surface area contributed by atoms with E-state index in [1.165, 1.54) is 6.07 Å². The average Bonchev–Trinajstić information content (AvgIpc) is 2.25. The van der Waals surface area contributed by atoms with Crippen LogP contribution in [0, 0.1) is 0 Å². The molecule has 18 heavy (non-hydrogen) atoms. The fraction of sp³-hybridized carbons (Fsp3) is 0.500. The molecule has 0 fully saturated rings. The number of halogens is 4. The Labute approximate surface area is 113 Å². The molecule has 0 aliphatic rings. The van der Waals surface area contributed by atoms with Crippen LogP contribution in [0.3, 0.4) is 0 Å². The smallest absolute Gasteiger partial charge is 0.422 e. The Morgan fingerprint density at radius 2 is 2.00 bits per heavy atom. The molecule has 0 saturated carbocycles. The summed E-state index contributed by atoms with van der Waals surface area (Å²) in [4.78, 5) is 0. The highest BCUT2D eigenvalue weighted by Gasteiger charge is 2.28. The van der Waals surface area contributed by atoms with Gasteiger partial charge in [-0.1, -0.05) is 29.8 Å². The Morgan fingerprint density at radius 3 is 2.56 bits per heavy atom. The van der Waals surface area contributed by atoms with Gasteiger partial charge in [0.15, 0.2) is 6.61 Å². The molecular weight excluding hydrogens is 311 g/mol. The fourth-order valence-electron chi connectivity index (χ4n) is 1.26. The summed E-state index contributed by atoms with van der Waals surface area (Å²) in [6, 6.07) is 5.10. The third-order valence-electron chi connectivity index (χ3n) is 2.12. The summed E-state index contributed by atoms with van der Waals surface area (Å²) in [5, 5.41) is 3.19. The molecule has 0 spiro atoms. The van der Waals surface area contributed by atoms with Crippen molar-refractivity contribution in [2.75, 3.05) is 6.61 Å². The van der Waals surface area contributed by atoms with Gasteiger partial charge < -0.3 is 10.1 Å². The van der Waals surface area contributed by atoms with E-state index >= 15 is 0 Å². The topological polar surface area (TPSA) is 21.3 Å². The Balaban J connectivity index is 2.68. The van der Waals surface area contributed by atoms with Crippen molar-refractivity contribution in [3.05, 3.63) is 28.2 Å². The molecule has 1 aromatic rings. The van der Waals surface area contributed by atoms with Crippen LogP contribution in [0.15, 0.2) is 22.7 Å². The van der Waals surface area contributed by atoms with E-state index in [2.05, 4.69) is 21.2 Å². The summed E-state index contributed by atoms with van der Waals surface area (Å²) in [7, 11) is 0. The molecule has 0 radical (unpaired) electrons. The normalized spacial score (nSPS) is 11.9. The van der Waals surface area contributed by atoms with E-state index in [4.69, 9.17) is 4.74 Å². The molecule has 2 nitrogen and oxygen atoms in total. The molecular formula is C12H15BrF3NO. The molecule has 1 rings (SSSR count). The van der Waals surface area contributed by atoms with Gasteiger partial charge in [-0.25, -0.2) is 0 Å². The van der Waals surface area contributed by atoms with Crippen molar-refractivity contribution in [3.8, 4) is 5.75 Å². The van der Waals surface area contributed by atoms with Gasteiger partial charge in [-0.2, -0.15) is 13.2 Å². The zero-order valence-electron chi connectivity index (χ0n) is 10.1. The van der Waals surface area contributed by atoms with Gasteiger partial charge >= 0.3 is 6.18 Å². The summed E-state index contributed by atoms with van der Waals surface area (Å²) in [6.45, 7) is 3.29. The van der Waals surface area contributed by atoms with Gasteiger partial charge in [0.05, 0.1) is 0 Å². The maximum atomic E-state index is 12.0. The average molecular weight is 326 g/mol. The molecule has 102 valence electrons. The van der Waals surface area contributed by atoms with E-state index < -0.39 is 12.8 Å². The number of hydrogen-bond donors (Lipinski definition) is 1. The second-order valence-electron chi connectivity index (χ2n) is 4.19. The number of hydrogen-bond acceptors (Lipinski definition) is 2. The summed E-state index contributed by atoms with van der Waals surface area (Å²) in [5.74, 6) is 0.219. The van der Waals surface area contributed by atoms with Crippen LogP contribution in [0.25, 0.3) is 0 Å². The van der Waals surface area contributed by atoms with E-state index in [-0.39, 0.29) is 5.75 Å². The van der Waals surface area contributed by atoms with Crippen molar-refractivity contribution in [2.24, 2.45) is 0 Å². The first-order valence-electron chi connectivity index (χ1n) is 5.49. The van der Waals surface area contributed by atoms with E-state index in [9.17, 15) is 13.2 Å². The highest BCUT2D eigenvalue weighted by atomic mass is 79.9. The van der Waals surface area contributed by atoms with Crippen molar-refractivity contribution in [3.63, 3.8) is 0 Å². The first kappa shape index (κ1) is 15.3. The molecule has 0 aliphatic heterocycles. The molecule has 0 aliphatic carbocycles. The summed E-state index contributed by atoms with van der Waals surface area (Å²) >= 11 is 3.35. The van der Waals surface area contributed by atoms with Gasteiger partial charge in [-0.3, -0.25) is 0 Å². The maximum Gasteiger partial charge on any atom is 0.422 e. The first-order chi connectivity index (χ1) is 8.28. The van der Waals surface area contributed by atoms with Crippen LogP contribution >= 0.6 is 15.9 Å². The lowest BCUT2D eigenvalue weighted by atomic mass is 10.2. The Bertz CT molecular complexity index is 393. The van der Waals surface area contributed by atoms with E-state index in [1.54, 1.807) is 12.1 Å². The SMILES string of the molecule is CC(C)NCc1cc(OCC(F)(F)F)ccc1Br. The van der Waals surface area contributed by atoms with Crippen LogP contribution in [0.5, 0.6) is 5.75 Å². The largest absolute Gasteiger partial charge is 0.484 e. The number of benzene rings is 1. The number of nitrogens with one attached hydrogen (secondary N) is 1. The fourth-order valence-corrected chi connectivity index (χ4v) is 1.64. The van der Waals surface area contributed by atoms with Crippen LogP contribution in [0.2, 0.25) is 0 Å². The molecule has 0 bridgehead atoms. The van der Waals surface area contributed by atoms with Crippen molar-refractivity contribution in [1.82, 2.24) is 5.32 Å².